The Hall–Kier alpha value is -3.27. The number of carbonyl (C=O) groups is 2. The van der Waals surface area contributed by atoms with Crippen molar-refractivity contribution in [2.45, 2.75) is 19.3 Å². The van der Waals surface area contributed by atoms with Gasteiger partial charge < -0.3 is 19.9 Å². The molecule has 0 saturated heterocycles. The van der Waals surface area contributed by atoms with Gasteiger partial charge in [0.15, 0.2) is 0 Å². The van der Waals surface area contributed by atoms with E-state index >= 15 is 0 Å². The molecule has 7 heteroatoms. The molecule has 2 rings (SSSR count). The number of rotatable bonds is 4. The summed E-state index contributed by atoms with van der Waals surface area (Å²) in [6.07, 6.45) is -0.303. The lowest BCUT2D eigenvalue weighted by Crippen LogP contribution is -2.26. The first kappa shape index (κ1) is 18.1. The second kappa shape index (κ2) is 7.53. The van der Waals surface area contributed by atoms with Crippen molar-refractivity contribution in [2.24, 2.45) is 5.73 Å². The van der Waals surface area contributed by atoms with Gasteiger partial charge in [0, 0.05) is 0 Å². The van der Waals surface area contributed by atoms with E-state index in [0.717, 1.165) is 5.56 Å². The molecule has 130 valence electrons. The molecule has 0 aliphatic carbocycles. The van der Waals surface area contributed by atoms with Gasteiger partial charge in [0.2, 0.25) is 5.88 Å². The van der Waals surface area contributed by atoms with E-state index in [9.17, 15) is 14.9 Å². The number of hydrogen-bond donors (Lipinski definition) is 1. The molecule has 0 unspecified atom stereocenters. The first-order chi connectivity index (χ1) is 11.9. The van der Waals surface area contributed by atoms with E-state index in [1.807, 2.05) is 25.1 Å². The Bertz CT molecular complexity index is 800. The summed E-state index contributed by atoms with van der Waals surface area (Å²) in [5.41, 5.74) is 7.68. The van der Waals surface area contributed by atoms with Crippen LogP contribution in [0.1, 0.15) is 23.5 Å². The largest absolute Gasteiger partial charge is 0.469 e. The average Bonchev–Trinajstić information content (AvgIpc) is 2.61. The molecule has 0 saturated carbocycles. The highest BCUT2D eigenvalue weighted by molar-refractivity contribution is 5.93. The van der Waals surface area contributed by atoms with Crippen LogP contribution in [-0.4, -0.2) is 26.2 Å². The number of methoxy groups -OCH3 is 2. The molecule has 2 N–H and O–H groups in total. The van der Waals surface area contributed by atoms with Crippen LogP contribution in [-0.2, 0) is 23.8 Å². The fourth-order valence-corrected chi connectivity index (χ4v) is 2.58. The van der Waals surface area contributed by atoms with Gasteiger partial charge >= 0.3 is 11.9 Å². The molecular weight excluding hydrogens is 324 g/mol. The summed E-state index contributed by atoms with van der Waals surface area (Å²) in [5, 5.41) is 9.50. The molecule has 1 heterocycles. The van der Waals surface area contributed by atoms with Crippen molar-refractivity contribution in [2.75, 3.05) is 14.2 Å². The molecule has 0 fully saturated rings. The van der Waals surface area contributed by atoms with Crippen LogP contribution in [0.5, 0.6) is 0 Å². The maximum Gasteiger partial charge on any atom is 0.338 e. The quantitative estimate of drug-likeness (QED) is 0.830. The van der Waals surface area contributed by atoms with Gasteiger partial charge in [0.25, 0.3) is 0 Å². The Balaban J connectivity index is 2.66. The van der Waals surface area contributed by atoms with Gasteiger partial charge in [0.1, 0.15) is 23.8 Å². The summed E-state index contributed by atoms with van der Waals surface area (Å²) in [6, 6.07) is 9.26. The number of ether oxygens (including phenoxy) is 3. The molecule has 0 amide bonds. The molecule has 25 heavy (non-hydrogen) atoms. The lowest BCUT2D eigenvalue weighted by molar-refractivity contribution is -0.140. The zero-order valence-electron chi connectivity index (χ0n) is 14.2. The van der Waals surface area contributed by atoms with Gasteiger partial charge in [-0.15, -0.1) is 0 Å². The molecule has 0 aromatic heterocycles. The molecule has 0 bridgehead atoms. The molecule has 1 aromatic rings. The number of carbonyl (C=O) groups excluding carboxylic acids is 2. The lowest BCUT2D eigenvalue weighted by atomic mass is 9.82. The van der Waals surface area contributed by atoms with E-state index in [2.05, 4.69) is 4.74 Å². The van der Waals surface area contributed by atoms with Gasteiger partial charge in [0.05, 0.1) is 25.7 Å². The zero-order chi connectivity index (χ0) is 18.6. The number of benzene rings is 1. The number of nitriles is 1. The van der Waals surface area contributed by atoms with Crippen LogP contribution in [0.15, 0.2) is 47.1 Å². The monoisotopic (exact) mass is 342 g/mol. The third kappa shape index (κ3) is 3.63. The van der Waals surface area contributed by atoms with E-state index in [4.69, 9.17) is 15.2 Å². The molecule has 0 spiro atoms. The minimum absolute atomic E-state index is 0.0146. The van der Waals surface area contributed by atoms with E-state index in [1.165, 1.54) is 14.2 Å². The number of nitrogens with zero attached hydrogens (tertiary/aromatic N) is 1. The molecule has 7 nitrogen and oxygen atoms in total. The minimum Gasteiger partial charge on any atom is -0.469 e. The van der Waals surface area contributed by atoms with Gasteiger partial charge in [-0.1, -0.05) is 29.8 Å². The summed E-state index contributed by atoms with van der Waals surface area (Å²) in [5.74, 6) is -2.23. The highest BCUT2D eigenvalue weighted by Gasteiger charge is 2.38. The predicted molar refractivity (Wildman–Crippen MR) is 87.5 cm³/mol. The second-order valence-electron chi connectivity index (χ2n) is 5.42. The van der Waals surface area contributed by atoms with Crippen molar-refractivity contribution in [3.05, 3.63) is 58.2 Å². The van der Waals surface area contributed by atoms with Crippen molar-refractivity contribution < 1.29 is 23.8 Å². The number of hydrogen-bond acceptors (Lipinski definition) is 7. The SMILES string of the molecule is COC(=O)CC1=C(C(=O)OC)[C@@H](c2ccc(C)cc2)C(C#N)=C(N)O1. The molecule has 1 aliphatic rings. The van der Waals surface area contributed by atoms with Crippen LogP contribution in [0.25, 0.3) is 0 Å². The van der Waals surface area contributed by atoms with Gasteiger partial charge in [-0.3, -0.25) is 4.79 Å². The highest BCUT2D eigenvalue weighted by atomic mass is 16.5. The fraction of sp³-hybridized carbons (Fsp3) is 0.278. The van der Waals surface area contributed by atoms with Crippen LogP contribution in [0.2, 0.25) is 0 Å². The van der Waals surface area contributed by atoms with Gasteiger partial charge in [-0.2, -0.15) is 5.26 Å². The highest BCUT2D eigenvalue weighted by Crippen LogP contribution is 2.40. The topological polar surface area (TPSA) is 112 Å². The molecule has 1 atom stereocenters. The Morgan fingerprint density at radius 1 is 1.24 bits per heavy atom. The summed E-state index contributed by atoms with van der Waals surface area (Å²) in [6.45, 7) is 1.92. The standard InChI is InChI=1S/C18H18N2O5/c1-10-4-6-11(7-5-10)15-12(9-19)17(20)25-13(8-14(21)23-2)16(15)18(22)24-3/h4-7,15H,8,20H2,1-3H3/t15-/m0/s1. The van der Waals surface area contributed by atoms with E-state index < -0.39 is 17.9 Å². The third-order valence-corrected chi connectivity index (χ3v) is 3.85. The van der Waals surface area contributed by atoms with Gasteiger partial charge in [-0.25, -0.2) is 4.79 Å². The number of allylic oxidation sites excluding steroid dienone is 1. The van der Waals surface area contributed by atoms with Crippen molar-refractivity contribution in [3.63, 3.8) is 0 Å². The van der Waals surface area contributed by atoms with Crippen molar-refractivity contribution >= 4 is 11.9 Å². The van der Waals surface area contributed by atoms with Crippen LogP contribution in [0, 0.1) is 18.3 Å². The molecular formula is C18H18N2O5. The second-order valence-corrected chi connectivity index (χ2v) is 5.42. The summed E-state index contributed by atoms with van der Waals surface area (Å²) in [4.78, 5) is 24.1. The van der Waals surface area contributed by atoms with E-state index in [0.29, 0.717) is 5.56 Å². The van der Waals surface area contributed by atoms with Gasteiger partial charge in [-0.05, 0) is 12.5 Å². The first-order valence-electron chi connectivity index (χ1n) is 7.45. The van der Waals surface area contributed by atoms with Crippen LogP contribution in [0.3, 0.4) is 0 Å². The first-order valence-corrected chi connectivity index (χ1v) is 7.45. The average molecular weight is 342 g/mol. The maximum absolute atomic E-state index is 12.4. The molecule has 1 aromatic carbocycles. The van der Waals surface area contributed by atoms with Crippen LogP contribution >= 0.6 is 0 Å². The van der Waals surface area contributed by atoms with E-state index in [1.54, 1.807) is 12.1 Å². The fourth-order valence-electron chi connectivity index (χ4n) is 2.58. The number of aryl methyl sites for hydroxylation is 1. The Kier molecular flexibility index (Phi) is 5.45. The summed E-state index contributed by atoms with van der Waals surface area (Å²) >= 11 is 0. The molecule has 1 aliphatic heterocycles. The smallest absolute Gasteiger partial charge is 0.338 e. The third-order valence-electron chi connectivity index (χ3n) is 3.85. The van der Waals surface area contributed by atoms with Crippen molar-refractivity contribution in [3.8, 4) is 6.07 Å². The maximum atomic E-state index is 12.4. The van der Waals surface area contributed by atoms with Crippen LogP contribution in [0.4, 0.5) is 0 Å². The summed E-state index contributed by atoms with van der Waals surface area (Å²) in [7, 11) is 2.44. The normalized spacial score (nSPS) is 16.8. The summed E-state index contributed by atoms with van der Waals surface area (Å²) < 4.78 is 14.9. The van der Waals surface area contributed by atoms with Crippen LogP contribution < -0.4 is 5.73 Å². The number of esters is 2. The number of nitrogens with two attached hydrogens (primary N) is 1. The predicted octanol–water partition coefficient (Wildman–Crippen LogP) is 1.79. The minimum atomic E-state index is -0.786. The van der Waals surface area contributed by atoms with E-state index in [-0.39, 0.29) is 29.2 Å². The Morgan fingerprint density at radius 2 is 1.88 bits per heavy atom. The van der Waals surface area contributed by atoms with Crippen molar-refractivity contribution in [1.82, 2.24) is 0 Å². The molecule has 0 radical (unpaired) electrons. The van der Waals surface area contributed by atoms with Crippen molar-refractivity contribution in [1.29, 1.82) is 5.26 Å². The Labute approximate surface area is 145 Å². The zero-order valence-corrected chi connectivity index (χ0v) is 14.2. The Morgan fingerprint density at radius 3 is 2.40 bits per heavy atom. The lowest BCUT2D eigenvalue weighted by Gasteiger charge is -2.27.